The van der Waals surface area contributed by atoms with Gasteiger partial charge in [0.15, 0.2) is 5.17 Å². The summed E-state index contributed by atoms with van der Waals surface area (Å²) in [6.45, 7) is 5.68. The smallest absolute Gasteiger partial charge is 0.284 e. The molecule has 0 N–H and O–H groups in total. The molecule has 0 unspecified atom stereocenters. The van der Waals surface area contributed by atoms with E-state index in [0.717, 1.165) is 22.9 Å². The number of carbonyl (C=O) groups excluding carboxylic acids is 1. The van der Waals surface area contributed by atoms with Crippen molar-refractivity contribution in [3.63, 3.8) is 0 Å². The van der Waals surface area contributed by atoms with Crippen LogP contribution in [0.3, 0.4) is 0 Å². The highest BCUT2D eigenvalue weighted by atomic mass is 32.2. The maximum Gasteiger partial charge on any atom is 0.284 e. The van der Waals surface area contributed by atoms with Crippen LogP contribution >= 0.6 is 11.8 Å². The Morgan fingerprint density at radius 1 is 1.14 bits per heavy atom. The quantitative estimate of drug-likeness (QED) is 0.516. The Hall–Kier alpha value is -2.84. The molecule has 0 aromatic heterocycles. The fourth-order valence-electron chi connectivity index (χ4n) is 2.58. The molecule has 150 valence electrons. The van der Waals surface area contributed by atoms with Gasteiger partial charge in [-0.3, -0.25) is 9.69 Å². The van der Waals surface area contributed by atoms with Crippen LogP contribution in [-0.2, 0) is 14.8 Å². The van der Waals surface area contributed by atoms with E-state index >= 15 is 0 Å². The first-order valence-electron chi connectivity index (χ1n) is 8.72. The zero-order valence-electron chi connectivity index (χ0n) is 16.0. The van der Waals surface area contributed by atoms with Crippen molar-refractivity contribution in [3.05, 3.63) is 77.2 Å². The molecule has 0 radical (unpaired) electrons. The van der Waals surface area contributed by atoms with E-state index in [9.17, 15) is 13.2 Å². The van der Waals surface area contributed by atoms with E-state index in [2.05, 4.69) is 11.0 Å². The number of hydrogen-bond donors (Lipinski definition) is 0. The third kappa shape index (κ3) is 4.78. The molecule has 6 nitrogen and oxygen atoms in total. The maximum absolute atomic E-state index is 12.8. The summed E-state index contributed by atoms with van der Waals surface area (Å²) < 4.78 is 34.4. The summed E-state index contributed by atoms with van der Waals surface area (Å²) in [4.78, 5) is 14.6. The van der Waals surface area contributed by atoms with Crippen molar-refractivity contribution in [2.75, 3.05) is 13.7 Å². The molecule has 0 saturated carbocycles. The van der Waals surface area contributed by atoms with Crippen molar-refractivity contribution in [1.29, 1.82) is 0 Å². The molecule has 1 saturated heterocycles. The van der Waals surface area contributed by atoms with Gasteiger partial charge in [-0.2, -0.15) is 8.42 Å². The molecule has 1 amide bonds. The van der Waals surface area contributed by atoms with Crippen LogP contribution in [0.4, 0.5) is 0 Å². The molecule has 1 fully saturated rings. The van der Waals surface area contributed by atoms with Gasteiger partial charge in [-0.05, 0) is 54.6 Å². The van der Waals surface area contributed by atoms with Crippen molar-refractivity contribution in [2.24, 2.45) is 4.40 Å². The second kappa shape index (κ2) is 8.67. The van der Waals surface area contributed by atoms with Crippen LogP contribution in [0.2, 0.25) is 0 Å². The molecule has 1 aliphatic heterocycles. The van der Waals surface area contributed by atoms with E-state index in [1.165, 1.54) is 23.1 Å². The fourth-order valence-corrected chi connectivity index (χ4v) is 4.77. The van der Waals surface area contributed by atoms with Crippen molar-refractivity contribution in [1.82, 2.24) is 4.90 Å². The van der Waals surface area contributed by atoms with Crippen molar-refractivity contribution in [2.45, 2.75) is 11.8 Å². The average Bonchev–Trinajstić information content (AvgIpc) is 2.97. The predicted molar refractivity (Wildman–Crippen MR) is 116 cm³/mol. The Labute approximate surface area is 174 Å². The third-order valence-electron chi connectivity index (χ3n) is 4.13. The lowest BCUT2D eigenvalue weighted by Crippen LogP contribution is -2.29. The van der Waals surface area contributed by atoms with E-state index in [0.29, 0.717) is 10.7 Å². The lowest BCUT2D eigenvalue weighted by atomic mass is 10.2. The number of ether oxygens (including phenoxy) is 1. The van der Waals surface area contributed by atoms with Gasteiger partial charge in [0.25, 0.3) is 15.9 Å². The Morgan fingerprint density at radius 2 is 1.79 bits per heavy atom. The van der Waals surface area contributed by atoms with Crippen LogP contribution in [0, 0.1) is 6.92 Å². The summed E-state index contributed by atoms with van der Waals surface area (Å²) in [6, 6.07) is 13.6. The van der Waals surface area contributed by atoms with Gasteiger partial charge in [-0.25, -0.2) is 0 Å². The second-order valence-corrected chi connectivity index (χ2v) is 8.86. The Balaban J connectivity index is 1.96. The zero-order valence-corrected chi connectivity index (χ0v) is 17.7. The van der Waals surface area contributed by atoms with Gasteiger partial charge < -0.3 is 4.74 Å². The minimum atomic E-state index is -3.95. The van der Waals surface area contributed by atoms with Gasteiger partial charge in [-0.1, -0.05) is 35.9 Å². The van der Waals surface area contributed by atoms with Gasteiger partial charge in [-0.15, -0.1) is 11.0 Å². The molecular weight excluding hydrogens is 408 g/mol. The number of amides is 1. The lowest BCUT2D eigenvalue weighted by molar-refractivity contribution is -0.121. The summed E-state index contributed by atoms with van der Waals surface area (Å²) in [7, 11) is -2.37. The molecule has 0 aliphatic carbocycles. The number of rotatable bonds is 6. The maximum atomic E-state index is 12.8. The summed E-state index contributed by atoms with van der Waals surface area (Å²) in [5.41, 5.74) is 1.74. The minimum Gasteiger partial charge on any atom is -0.497 e. The van der Waals surface area contributed by atoms with Gasteiger partial charge >= 0.3 is 0 Å². The zero-order chi connectivity index (χ0) is 21.0. The van der Waals surface area contributed by atoms with E-state index < -0.39 is 10.0 Å². The van der Waals surface area contributed by atoms with E-state index in [1.54, 1.807) is 37.5 Å². The molecule has 29 heavy (non-hydrogen) atoms. The standard InChI is InChI=1S/C21H20N2O4S2/c1-4-13-23-20(24)19(14-16-7-9-17(27-3)10-8-16)28-21(23)22-29(25,26)18-11-5-15(2)6-12-18/h4-12,14H,1,13H2,2-3H3/b19-14-,22-21+. The molecule has 2 aromatic carbocycles. The normalized spacial score (nSPS) is 17.2. The van der Waals surface area contributed by atoms with E-state index in [4.69, 9.17) is 4.74 Å². The summed E-state index contributed by atoms with van der Waals surface area (Å²) in [5.74, 6) is 0.390. The second-order valence-electron chi connectivity index (χ2n) is 6.25. The number of carbonyl (C=O) groups is 1. The van der Waals surface area contributed by atoms with Crippen LogP contribution in [0.5, 0.6) is 5.75 Å². The molecule has 0 bridgehead atoms. The first-order valence-corrected chi connectivity index (χ1v) is 11.0. The van der Waals surface area contributed by atoms with Crippen molar-refractivity contribution in [3.8, 4) is 5.75 Å². The highest BCUT2D eigenvalue weighted by Crippen LogP contribution is 2.34. The van der Waals surface area contributed by atoms with E-state index in [1.807, 2.05) is 19.1 Å². The Morgan fingerprint density at radius 3 is 2.38 bits per heavy atom. The van der Waals surface area contributed by atoms with Crippen molar-refractivity contribution >= 4 is 38.9 Å². The van der Waals surface area contributed by atoms with Crippen LogP contribution in [-0.4, -0.2) is 38.0 Å². The first-order chi connectivity index (χ1) is 13.8. The van der Waals surface area contributed by atoms with Crippen LogP contribution in [0.25, 0.3) is 6.08 Å². The molecule has 8 heteroatoms. The number of hydrogen-bond acceptors (Lipinski definition) is 5. The molecule has 1 aliphatic rings. The monoisotopic (exact) mass is 428 g/mol. The van der Waals surface area contributed by atoms with Gasteiger partial charge in [0.2, 0.25) is 0 Å². The lowest BCUT2D eigenvalue weighted by Gasteiger charge is -2.12. The summed E-state index contributed by atoms with van der Waals surface area (Å²) >= 11 is 1.03. The fraction of sp³-hybridized carbons (Fsp3) is 0.143. The molecule has 1 heterocycles. The topological polar surface area (TPSA) is 76.0 Å². The first kappa shape index (κ1) is 20.9. The number of thioether (sulfide) groups is 1. The SMILES string of the molecule is C=CCN1C(=O)/C(=C/c2ccc(OC)cc2)S/C1=N/S(=O)(=O)c1ccc(C)cc1. The number of methoxy groups -OCH3 is 1. The Bertz CT molecular complexity index is 1090. The number of aryl methyl sites for hydroxylation is 1. The minimum absolute atomic E-state index is 0.0785. The van der Waals surface area contributed by atoms with Crippen molar-refractivity contribution < 1.29 is 17.9 Å². The van der Waals surface area contributed by atoms with Crippen LogP contribution in [0.15, 0.2) is 75.4 Å². The number of benzene rings is 2. The average molecular weight is 429 g/mol. The van der Waals surface area contributed by atoms with E-state index in [-0.39, 0.29) is 22.5 Å². The van der Waals surface area contributed by atoms with Gasteiger partial charge in [0.1, 0.15) is 5.75 Å². The van der Waals surface area contributed by atoms with Gasteiger partial charge in [0, 0.05) is 6.54 Å². The largest absolute Gasteiger partial charge is 0.497 e. The number of sulfonamides is 1. The number of amidine groups is 1. The predicted octanol–water partition coefficient (Wildman–Crippen LogP) is 3.85. The molecular formula is C21H20N2O4S2. The molecule has 0 atom stereocenters. The van der Waals surface area contributed by atoms with Crippen LogP contribution < -0.4 is 4.74 Å². The highest BCUT2D eigenvalue weighted by molar-refractivity contribution is 8.19. The summed E-state index contributed by atoms with van der Waals surface area (Å²) in [5, 5.41) is 0.107. The molecule has 3 rings (SSSR count). The molecule has 0 spiro atoms. The van der Waals surface area contributed by atoms with Gasteiger partial charge in [0.05, 0.1) is 16.9 Å². The molecule has 2 aromatic rings. The highest BCUT2D eigenvalue weighted by Gasteiger charge is 2.34. The van der Waals surface area contributed by atoms with Crippen LogP contribution in [0.1, 0.15) is 11.1 Å². The summed E-state index contributed by atoms with van der Waals surface area (Å²) in [6.07, 6.45) is 3.23. The number of nitrogens with zero attached hydrogens (tertiary/aromatic N) is 2. The third-order valence-corrected chi connectivity index (χ3v) is 6.53. The Kier molecular flexibility index (Phi) is 6.24.